The Kier molecular flexibility index (Phi) is 6.32. The van der Waals surface area contributed by atoms with Crippen LogP contribution in [-0.4, -0.2) is 34.1 Å². The Labute approximate surface area is 162 Å². The zero-order chi connectivity index (χ0) is 17.8. The third-order valence-corrected chi connectivity index (χ3v) is 8.95. The number of primary amides is 1. The number of hydrogen-bond donors (Lipinski definition) is 2. The molecule has 0 spiro atoms. The molecule has 0 bridgehead atoms. The summed E-state index contributed by atoms with van der Waals surface area (Å²) < 4.78 is 1.36. The van der Waals surface area contributed by atoms with Crippen molar-refractivity contribution in [2.24, 2.45) is 5.73 Å². The summed E-state index contributed by atoms with van der Waals surface area (Å²) in [5.74, 6) is 2.00. The molecule has 2 amide bonds. The first-order chi connectivity index (χ1) is 12.0. The number of benzene rings is 1. The van der Waals surface area contributed by atoms with Gasteiger partial charge in [-0.1, -0.05) is 23.5 Å². The summed E-state index contributed by atoms with van der Waals surface area (Å²) in [6, 6.07) is 7.75. The monoisotopic (exact) mass is 411 g/mol. The lowest BCUT2D eigenvalue weighted by molar-refractivity contribution is -0.115. The molecule has 9 heteroatoms. The molecule has 1 aromatic heterocycles. The number of aryl methyl sites for hydroxylation is 1. The predicted octanol–water partition coefficient (Wildman–Crippen LogP) is 3.76. The van der Waals surface area contributed by atoms with Crippen LogP contribution in [0.2, 0.25) is 0 Å². The quantitative estimate of drug-likeness (QED) is 0.704. The molecule has 2 aromatic rings. The largest absolute Gasteiger partial charge is 0.369 e. The van der Waals surface area contributed by atoms with Crippen LogP contribution >= 0.6 is 46.6 Å². The maximum Gasteiger partial charge on any atom is 0.257 e. The Morgan fingerprint density at radius 2 is 1.96 bits per heavy atom. The molecular weight excluding hydrogens is 394 g/mol. The molecule has 3 rings (SSSR count). The van der Waals surface area contributed by atoms with Crippen molar-refractivity contribution in [3.05, 3.63) is 41.1 Å². The lowest BCUT2D eigenvalue weighted by Crippen LogP contribution is -2.12. The van der Waals surface area contributed by atoms with E-state index in [-0.39, 0.29) is 17.6 Å². The van der Waals surface area contributed by atoms with Gasteiger partial charge in [0.15, 0.2) is 5.13 Å². The molecule has 1 fully saturated rings. The molecule has 25 heavy (non-hydrogen) atoms. The van der Waals surface area contributed by atoms with Gasteiger partial charge in [0.25, 0.3) is 5.91 Å². The second-order valence-electron chi connectivity index (χ2n) is 5.30. The van der Waals surface area contributed by atoms with Crippen molar-refractivity contribution < 1.29 is 9.59 Å². The average molecular weight is 412 g/mol. The lowest BCUT2D eigenvalue weighted by Gasteiger charge is -2.09. The number of amides is 2. The third kappa shape index (κ3) is 4.93. The lowest BCUT2D eigenvalue weighted by atomic mass is 10.1. The molecule has 0 aliphatic carbocycles. The molecule has 0 saturated carbocycles. The molecule has 3 N–H and O–H groups in total. The highest BCUT2D eigenvalue weighted by Gasteiger charge is 2.19. The summed E-state index contributed by atoms with van der Waals surface area (Å²) in [5.41, 5.74) is 7.81. The minimum Gasteiger partial charge on any atom is -0.369 e. The zero-order valence-corrected chi connectivity index (χ0v) is 16.7. The van der Waals surface area contributed by atoms with Crippen molar-refractivity contribution in [2.75, 3.05) is 22.6 Å². The van der Waals surface area contributed by atoms with E-state index in [1.54, 1.807) is 0 Å². The van der Waals surface area contributed by atoms with Crippen molar-refractivity contribution in [2.45, 2.75) is 15.7 Å². The number of carbonyl (C=O) groups excluding carboxylic acids is 2. The van der Waals surface area contributed by atoms with E-state index >= 15 is 0 Å². The number of nitrogens with two attached hydrogens (primary N) is 1. The molecule has 0 radical (unpaired) electrons. The molecule has 1 aliphatic rings. The minimum atomic E-state index is -0.373. The maximum atomic E-state index is 12.4. The first-order valence-electron chi connectivity index (χ1n) is 7.56. The van der Waals surface area contributed by atoms with Gasteiger partial charge >= 0.3 is 0 Å². The summed E-state index contributed by atoms with van der Waals surface area (Å²) in [7, 11) is 0. The number of nitrogens with zero attached hydrogens (tertiary/aromatic N) is 1. The van der Waals surface area contributed by atoms with Gasteiger partial charge in [-0.15, -0.1) is 35.3 Å². The summed E-state index contributed by atoms with van der Waals surface area (Å²) in [5, 5.41) is 3.35. The molecule has 2 heterocycles. The first kappa shape index (κ1) is 18.6. The Morgan fingerprint density at radius 1 is 1.28 bits per heavy atom. The normalized spacial score (nSPS) is 14.6. The number of rotatable bonds is 6. The van der Waals surface area contributed by atoms with E-state index < -0.39 is 0 Å². The second kappa shape index (κ2) is 8.48. The number of anilines is 1. The van der Waals surface area contributed by atoms with Crippen molar-refractivity contribution in [3.63, 3.8) is 0 Å². The molecule has 0 atom stereocenters. The van der Waals surface area contributed by atoms with E-state index in [9.17, 15) is 9.59 Å². The number of thiazole rings is 1. The first-order valence-corrected chi connectivity index (χ1v) is 11.5. The van der Waals surface area contributed by atoms with Gasteiger partial charge in [-0.3, -0.25) is 14.9 Å². The van der Waals surface area contributed by atoms with E-state index in [4.69, 9.17) is 5.73 Å². The molecule has 5 nitrogen and oxygen atoms in total. The number of nitrogens with one attached hydrogen (secondary N) is 1. The highest BCUT2D eigenvalue weighted by molar-refractivity contribution is 8.19. The molecular formula is C16H17N3O2S4. The Bertz CT molecular complexity index is 770. The third-order valence-electron chi connectivity index (χ3n) is 3.39. The fourth-order valence-electron chi connectivity index (χ4n) is 2.22. The molecule has 1 aromatic carbocycles. The van der Waals surface area contributed by atoms with Crippen LogP contribution in [0.1, 0.15) is 26.2 Å². The van der Waals surface area contributed by atoms with Gasteiger partial charge in [0.1, 0.15) is 0 Å². The standard InChI is InChI=1S/C16H17N3O2S4/c1-9-14(24-8-12(17)20)25-16(18-9)19-13(21)10-2-4-11(5-3-10)15-22-6-7-23-15/h2-5,15H,6-8H2,1H3,(H2,17,20)(H,18,19,21). The van der Waals surface area contributed by atoms with Crippen LogP contribution in [0.15, 0.2) is 28.5 Å². The van der Waals surface area contributed by atoms with Crippen LogP contribution in [0.5, 0.6) is 0 Å². The average Bonchev–Trinajstić information content (AvgIpc) is 3.23. The van der Waals surface area contributed by atoms with Gasteiger partial charge in [0, 0.05) is 17.1 Å². The number of thioether (sulfide) groups is 3. The molecule has 0 unspecified atom stereocenters. The Hall–Kier alpha value is -1.16. The van der Waals surface area contributed by atoms with Crippen molar-refractivity contribution in [1.29, 1.82) is 0 Å². The predicted molar refractivity (Wildman–Crippen MR) is 109 cm³/mol. The van der Waals surface area contributed by atoms with Crippen molar-refractivity contribution >= 4 is 63.6 Å². The van der Waals surface area contributed by atoms with Crippen LogP contribution in [-0.2, 0) is 4.79 Å². The van der Waals surface area contributed by atoms with Crippen molar-refractivity contribution in [1.82, 2.24) is 4.98 Å². The van der Waals surface area contributed by atoms with Gasteiger partial charge in [0.05, 0.1) is 20.2 Å². The summed E-state index contributed by atoms with van der Waals surface area (Å²) in [4.78, 5) is 27.6. The van der Waals surface area contributed by atoms with Crippen LogP contribution in [0.25, 0.3) is 0 Å². The summed E-state index contributed by atoms with van der Waals surface area (Å²) in [6.07, 6.45) is 0. The molecule has 1 saturated heterocycles. The highest BCUT2D eigenvalue weighted by atomic mass is 32.2. The van der Waals surface area contributed by atoms with Crippen LogP contribution in [0.4, 0.5) is 5.13 Å². The Balaban J connectivity index is 1.63. The van der Waals surface area contributed by atoms with Gasteiger partial charge < -0.3 is 5.73 Å². The van der Waals surface area contributed by atoms with E-state index in [1.165, 1.54) is 40.2 Å². The Morgan fingerprint density at radius 3 is 2.60 bits per heavy atom. The topological polar surface area (TPSA) is 85.1 Å². The fraction of sp³-hybridized carbons (Fsp3) is 0.312. The minimum absolute atomic E-state index is 0.182. The smallest absolute Gasteiger partial charge is 0.257 e. The molecule has 132 valence electrons. The SMILES string of the molecule is Cc1nc(NC(=O)c2ccc(C3SCCS3)cc2)sc1SCC(N)=O. The van der Waals surface area contributed by atoms with E-state index in [0.29, 0.717) is 15.3 Å². The molecule has 1 aliphatic heterocycles. The van der Waals surface area contributed by atoms with Gasteiger partial charge in [0.2, 0.25) is 5.91 Å². The van der Waals surface area contributed by atoms with Crippen LogP contribution in [0, 0.1) is 6.92 Å². The summed E-state index contributed by atoms with van der Waals surface area (Å²) in [6.45, 7) is 1.85. The highest BCUT2D eigenvalue weighted by Crippen LogP contribution is 2.45. The summed E-state index contributed by atoms with van der Waals surface area (Å²) >= 11 is 6.58. The van der Waals surface area contributed by atoms with Gasteiger partial charge in [-0.2, -0.15) is 0 Å². The zero-order valence-electron chi connectivity index (χ0n) is 13.5. The number of carbonyl (C=O) groups is 2. The van der Waals surface area contributed by atoms with E-state index in [1.807, 2.05) is 54.7 Å². The van der Waals surface area contributed by atoms with Crippen LogP contribution in [0.3, 0.4) is 0 Å². The van der Waals surface area contributed by atoms with Crippen molar-refractivity contribution in [3.8, 4) is 0 Å². The second-order valence-corrected chi connectivity index (χ2v) is 10.3. The number of aromatic nitrogens is 1. The van der Waals surface area contributed by atoms with Gasteiger partial charge in [-0.05, 0) is 24.6 Å². The maximum absolute atomic E-state index is 12.4. The van der Waals surface area contributed by atoms with E-state index in [2.05, 4.69) is 10.3 Å². The number of hydrogen-bond acceptors (Lipinski definition) is 7. The van der Waals surface area contributed by atoms with E-state index in [0.717, 1.165) is 9.90 Å². The van der Waals surface area contributed by atoms with Crippen LogP contribution < -0.4 is 11.1 Å². The fourth-order valence-corrected chi connectivity index (χ4v) is 6.95. The van der Waals surface area contributed by atoms with Gasteiger partial charge in [-0.25, -0.2) is 4.98 Å².